The van der Waals surface area contributed by atoms with Crippen molar-refractivity contribution in [1.29, 1.82) is 0 Å². The van der Waals surface area contributed by atoms with Gasteiger partial charge in [0.15, 0.2) is 0 Å². The van der Waals surface area contributed by atoms with Crippen LogP contribution in [0.25, 0.3) is 0 Å². The predicted molar refractivity (Wildman–Crippen MR) is 73.8 cm³/mol. The Balaban J connectivity index is 2.62. The van der Waals surface area contributed by atoms with Gasteiger partial charge in [-0.3, -0.25) is 9.59 Å². The van der Waals surface area contributed by atoms with E-state index in [0.29, 0.717) is 23.8 Å². The summed E-state index contributed by atoms with van der Waals surface area (Å²) < 4.78 is 5.44. The van der Waals surface area contributed by atoms with Gasteiger partial charge >= 0.3 is 0 Å². The smallest absolute Gasteiger partial charge is 0.224 e. The standard InChI is InChI=1S/C14H20N2O3/c1-10(2)9-14(18)16-11-5-3-4-6-12(11)19-8-7-13(15)17/h3-6,10H,7-9H2,1-2H3,(H2,15,17)(H,16,18). The Morgan fingerprint density at radius 2 is 2.00 bits per heavy atom. The molecule has 1 aromatic carbocycles. The normalized spacial score (nSPS) is 10.3. The van der Waals surface area contributed by atoms with Crippen molar-refractivity contribution >= 4 is 17.5 Å². The number of nitrogens with two attached hydrogens (primary N) is 1. The second-order valence-corrected chi connectivity index (χ2v) is 4.71. The minimum Gasteiger partial charge on any atom is -0.491 e. The number of hydrogen-bond acceptors (Lipinski definition) is 3. The molecule has 2 amide bonds. The maximum absolute atomic E-state index is 11.7. The van der Waals surface area contributed by atoms with Crippen LogP contribution in [-0.4, -0.2) is 18.4 Å². The van der Waals surface area contributed by atoms with Gasteiger partial charge in [0.2, 0.25) is 11.8 Å². The van der Waals surface area contributed by atoms with Crippen LogP contribution in [0.15, 0.2) is 24.3 Å². The van der Waals surface area contributed by atoms with Crippen LogP contribution in [0.3, 0.4) is 0 Å². The summed E-state index contributed by atoms with van der Waals surface area (Å²) in [6, 6.07) is 7.12. The second-order valence-electron chi connectivity index (χ2n) is 4.71. The van der Waals surface area contributed by atoms with Crippen LogP contribution in [-0.2, 0) is 9.59 Å². The van der Waals surface area contributed by atoms with E-state index < -0.39 is 5.91 Å². The summed E-state index contributed by atoms with van der Waals surface area (Å²) in [6.07, 6.45) is 0.601. The van der Waals surface area contributed by atoms with Gasteiger partial charge in [-0.25, -0.2) is 0 Å². The molecule has 0 saturated carbocycles. The molecular weight excluding hydrogens is 244 g/mol. The third-order valence-electron chi connectivity index (χ3n) is 2.36. The molecule has 104 valence electrons. The topological polar surface area (TPSA) is 81.4 Å². The van der Waals surface area contributed by atoms with Gasteiger partial charge in [0.05, 0.1) is 18.7 Å². The van der Waals surface area contributed by atoms with Crippen molar-refractivity contribution in [3.63, 3.8) is 0 Å². The Bertz CT molecular complexity index is 444. The first-order valence-electron chi connectivity index (χ1n) is 6.29. The molecule has 0 atom stereocenters. The number of amides is 2. The van der Waals surface area contributed by atoms with E-state index in [2.05, 4.69) is 5.32 Å². The SMILES string of the molecule is CC(C)CC(=O)Nc1ccccc1OCCC(N)=O. The van der Waals surface area contributed by atoms with Crippen LogP contribution >= 0.6 is 0 Å². The van der Waals surface area contributed by atoms with Gasteiger partial charge in [-0.1, -0.05) is 26.0 Å². The molecule has 5 heteroatoms. The quantitative estimate of drug-likeness (QED) is 0.789. The molecule has 1 aromatic rings. The lowest BCUT2D eigenvalue weighted by atomic mass is 10.1. The molecular formula is C14H20N2O3. The van der Waals surface area contributed by atoms with Crippen LogP contribution < -0.4 is 15.8 Å². The molecule has 5 nitrogen and oxygen atoms in total. The van der Waals surface area contributed by atoms with Gasteiger partial charge in [0, 0.05) is 6.42 Å². The lowest BCUT2D eigenvalue weighted by Crippen LogP contribution is -2.16. The highest BCUT2D eigenvalue weighted by Crippen LogP contribution is 2.24. The molecule has 0 aliphatic carbocycles. The molecule has 3 N–H and O–H groups in total. The number of carbonyl (C=O) groups excluding carboxylic acids is 2. The summed E-state index contributed by atoms with van der Waals surface area (Å²) in [5.41, 5.74) is 5.65. The molecule has 0 aliphatic rings. The van der Waals surface area contributed by atoms with Gasteiger partial charge in [-0.15, -0.1) is 0 Å². The fourth-order valence-electron chi connectivity index (χ4n) is 1.53. The van der Waals surface area contributed by atoms with Crippen LogP contribution in [0.2, 0.25) is 0 Å². The van der Waals surface area contributed by atoms with E-state index in [0.717, 1.165) is 0 Å². The van der Waals surface area contributed by atoms with Crippen LogP contribution in [0, 0.1) is 5.92 Å². The Morgan fingerprint density at radius 1 is 1.32 bits per heavy atom. The summed E-state index contributed by atoms with van der Waals surface area (Å²) in [5, 5.41) is 2.80. The first kappa shape index (κ1) is 15.0. The van der Waals surface area contributed by atoms with Crippen molar-refractivity contribution < 1.29 is 14.3 Å². The van der Waals surface area contributed by atoms with Crippen molar-refractivity contribution in [2.45, 2.75) is 26.7 Å². The Hall–Kier alpha value is -2.04. The average molecular weight is 264 g/mol. The molecule has 0 heterocycles. The molecule has 0 radical (unpaired) electrons. The van der Waals surface area contributed by atoms with Crippen molar-refractivity contribution in [3.05, 3.63) is 24.3 Å². The molecule has 0 saturated heterocycles. The highest BCUT2D eigenvalue weighted by molar-refractivity contribution is 5.92. The first-order chi connectivity index (χ1) is 8.99. The number of para-hydroxylation sites is 2. The maximum atomic E-state index is 11.7. The number of carbonyl (C=O) groups is 2. The van der Waals surface area contributed by atoms with E-state index in [1.165, 1.54) is 0 Å². The number of ether oxygens (including phenoxy) is 1. The largest absolute Gasteiger partial charge is 0.491 e. The van der Waals surface area contributed by atoms with E-state index in [-0.39, 0.29) is 18.9 Å². The summed E-state index contributed by atoms with van der Waals surface area (Å²) in [7, 11) is 0. The molecule has 19 heavy (non-hydrogen) atoms. The van der Waals surface area contributed by atoms with Crippen molar-refractivity contribution in [1.82, 2.24) is 0 Å². The zero-order chi connectivity index (χ0) is 14.3. The Kier molecular flexibility index (Phi) is 5.85. The van der Waals surface area contributed by atoms with Crippen molar-refractivity contribution in [2.24, 2.45) is 11.7 Å². The van der Waals surface area contributed by atoms with E-state index in [4.69, 9.17) is 10.5 Å². The molecule has 0 aromatic heterocycles. The molecule has 1 rings (SSSR count). The number of benzene rings is 1. The minimum atomic E-state index is -0.415. The van der Waals surface area contributed by atoms with Gasteiger partial charge < -0.3 is 15.8 Å². The van der Waals surface area contributed by atoms with Gasteiger partial charge in [0.25, 0.3) is 0 Å². The first-order valence-corrected chi connectivity index (χ1v) is 6.29. The van der Waals surface area contributed by atoms with E-state index in [1.807, 2.05) is 19.9 Å². The summed E-state index contributed by atoms with van der Waals surface area (Å²) in [4.78, 5) is 22.4. The maximum Gasteiger partial charge on any atom is 0.224 e. The average Bonchev–Trinajstić information content (AvgIpc) is 2.29. The summed E-state index contributed by atoms with van der Waals surface area (Å²) >= 11 is 0. The van der Waals surface area contributed by atoms with Crippen molar-refractivity contribution in [3.8, 4) is 5.75 Å². The Labute approximate surface area is 113 Å². The molecule has 0 aliphatic heterocycles. The molecule has 0 unspecified atom stereocenters. The van der Waals surface area contributed by atoms with Gasteiger partial charge in [0.1, 0.15) is 5.75 Å². The third-order valence-corrected chi connectivity index (χ3v) is 2.36. The van der Waals surface area contributed by atoms with Crippen molar-refractivity contribution in [2.75, 3.05) is 11.9 Å². The highest BCUT2D eigenvalue weighted by Gasteiger charge is 2.09. The van der Waals surface area contributed by atoms with Crippen LogP contribution in [0.1, 0.15) is 26.7 Å². The number of nitrogens with one attached hydrogen (secondary N) is 1. The lowest BCUT2D eigenvalue weighted by Gasteiger charge is -2.12. The molecule has 0 fully saturated rings. The zero-order valence-corrected chi connectivity index (χ0v) is 11.3. The lowest BCUT2D eigenvalue weighted by molar-refractivity contribution is -0.118. The minimum absolute atomic E-state index is 0.0547. The zero-order valence-electron chi connectivity index (χ0n) is 11.3. The van der Waals surface area contributed by atoms with Gasteiger partial charge in [-0.2, -0.15) is 0 Å². The predicted octanol–water partition coefficient (Wildman–Crippen LogP) is 1.93. The number of anilines is 1. The van der Waals surface area contributed by atoms with Crippen LogP contribution in [0.4, 0.5) is 5.69 Å². The fraction of sp³-hybridized carbons (Fsp3) is 0.429. The molecule has 0 spiro atoms. The number of primary amides is 1. The molecule has 0 bridgehead atoms. The second kappa shape index (κ2) is 7.41. The summed E-state index contributed by atoms with van der Waals surface area (Å²) in [6.45, 7) is 4.16. The third kappa shape index (κ3) is 5.90. The van der Waals surface area contributed by atoms with E-state index in [9.17, 15) is 9.59 Å². The fourth-order valence-corrected chi connectivity index (χ4v) is 1.53. The number of rotatable bonds is 7. The number of hydrogen-bond donors (Lipinski definition) is 2. The van der Waals surface area contributed by atoms with E-state index >= 15 is 0 Å². The van der Waals surface area contributed by atoms with Crippen LogP contribution in [0.5, 0.6) is 5.75 Å². The Morgan fingerprint density at radius 3 is 2.63 bits per heavy atom. The monoisotopic (exact) mass is 264 g/mol. The highest BCUT2D eigenvalue weighted by atomic mass is 16.5. The van der Waals surface area contributed by atoms with Gasteiger partial charge in [-0.05, 0) is 18.1 Å². The summed E-state index contributed by atoms with van der Waals surface area (Å²) in [5.74, 6) is 0.367. The van der Waals surface area contributed by atoms with E-state index in [1.54, 1.807) is 18.2 Å².